The lowest BCUT2D eigenvalue weighted by molar-refractivity contribution is 0.181. The lowest BCUT2D eigenvalue weighted by Gasteiger charge is -2.06. The van der Waals surface area contributed by atoms with Crippen molar-refractivity contribution in [1.82, 2.24) is 9.97 Å². The Bertz CT molecular complexity index is 596. The number of ether oxygens (including phenoxy) is 1. The van der Waals surface area contributed by atoms with Gasteiger partial charge in [0, 0.05) is 18.7 Å². The maximum atomic E-state index is 13.1. The van der Waals surface area contributed by atoms with Crippen molar-refractivity contribution >= 4 is 5.82 Å². The van der Waals surface area contributed by atoms with Crippen molar-refractivity contribution in [3.05, 3.63) is 41.3 Å². The molecule has 0 aliphatic carbocycles. The van der Waals surface area contributed by atoms with Crippen molar-refractivity contribution in [2.45, 2.75) is 6.61 Å². The lowest BCUT2D eigenvalue weighted by atomic mass is 10.2. The minimum absolute atomic E-state index is 0.000975. The maximum Gasteiger partial charge on any atom is 0.194 e. The zero-order valence-electron chi connectivity index (χ0n) is 9.95. The Morgan fingerprint density at radius 1 is 1.11 bits per heavy atom. The van der Waals surface area contributed by atoms with Crippen molar-refractivity contribution < 1.29 is 17.9 Å². The van der Waals surface area contributed by atoms with E-state index in [1.165, 1.54) is 13.2 Å². The normalized spacial score (nSPS) is 10.7. The number of nitrogens with two attached hydrogens (primary N) is 1. The molecule has 1 aromatic carbocycles. The zero-order chi connectivity index (χ0) is 14.0. The topological polar surface area (TPSA) is 61.0 Å². The molecule has 0 saturated carbocycles. The van der Waals surface area contributed by atoms with Crippen LogP contribution in [0.5, 0.6) is 0 Å². The van der Waals surface area contributed by atoms with E-state index < -0.39 is 17.5 Å². The van der Waals surface area contributed by atoms with E-state index in [4.69, 9.17) is 10.5 Å². The number of anilines is 1. The molecule has 0 fully saturated rings. The summed E-state index contributed by atoms with van der Waals surface area (Å²) < 4.78 is 44.1. The van der Waals surface area contributed by atoms with Crippen LogP contribution in [0.4, 0.5) is 19.0 Å². The molecule has 0 radical (unpaired) electrons. The third-order valence-corrected chi connectivity index (χ3v) is 2.33. The second-order valence-corrected chi connectivity index (χ2v) is 3.79. The van der Waals surface area contributed by atoms with Gasteiger partial charge in [-0.25, -0.2) is 23.1 Å². The number of nitrogen functional groups attached to an aromatic ring is 1. The first-order valence-corrected chi connectivity index (χ1v) is 5.28. The highest BCUT2D eigenvalue weighted by molar-refractivity contribution is 5.57. The molecule has 2 N–H and O–H groups in total. The Hall–Kier alpha value is -2.15. The van der Waals surface area contributed by atoms with Gasteiger partial charge < -0.3 is 10.5 Å². The van der Waals surface area contributed by atoms with Crippen molar-refractivity contribution in [3.8, 4) is 11.4 Å². The average molecular weight is 269 g/mol. The van der Waals surface area contributed by atoms with Gasteiger partial charge in [0.1, 0.15) is 5.82 Å². The molecule has 0 aliphatic rings. The fourth-order valence-electron chi connectivity index (χ4n) is 1.55. The van der Waals surface area contributed by atoms with Crippen LogP contribution in [0.1, 0.15) is 5.69 Å². The number of hydrogen-bond acceptors (Lipinski definition) is 4. The van der Waals surface area contributed by atoms with Gasteiger partial charge in [-0.3, -0.25) is 0 Å². The fourth-order valence-corrected chi connectivity index (χ4v) is 1.55. The average Bonchev–Trinajstić information content (AvgIpc) is 2.35. The molecule has 0 amide bonds. The summed E-state index contributed by atoms with van der Waals surface area (Å²) in [6.45, 7) is 0.172. The zero-order valence-corrected chi connectivity index (χ0v) is 9.95. The van der Waals surface area contributed by atoms with E-state index in [0.29, 0.717) is 5.69 Å². The Balaban J connectivity index is 2.52. The molecule has 0 saturated heterocycles. The molecular weight excluding hydrogens is 259 g/mol. The molecule has 2 rings (SSSR count). The largest absolute Gasteiger partial charge is 0.384 e. The summed E-state index contributed by atoms with van der Waals surface area (Å²) in [5.74, 6) is -4.03. The highest BCUT2D eigenvalue weighted by atomic mass is 19.2. The van der Waals surface area contributed by atoms with Crippen LogP contribution >= 0.6 is 0 Å². The van der Waals surface area contributed by atoms with Gasteiger partial charge in [0.25, 0.3) is 0 Å². The maximum absolute atomic E-state index is 13.1. The summed E-state index contributed by atoms with van der Waals surface area (Å²) in [5, 5.41) is 0. The van der Waals surface area contributed by atoms with Crippen molar-refractivity contribution in [1.29, 1.82) is 0 Å². The molecule has 7 heteroatoms. The molecular formula is C12H10F3N3O. The second kappa shape index (κ2) is 5.23. The molecule has 0 spiro atoms. The van der Waals surface area contributed by atoms with Gasteiger partial charge >= 0.3 is 0 Å². The first-order valence-electron chi connectivity index (χ1n) is 5.28. The van der Waals surface area contributed by atoms with Crippen LogP contribution in [0.15, 0.2) is 18.2 Å². The van der Waals surface area contributed by atoms with Crippen LogP contribution in [-0.2, 0) is 11.3 Å². The van der Waals surface area contributed by atoms with Gasteiger partial charge in [0.2, 0.25) is 0 Å². The van der Waals surface area contributed by atoms with Gasteiger partial charge in [-0.2, -0.15) is 0 Å². The minimum Gasteiger partial charge on any atom is -0.384 e. The van der Waals surface area contributed by atoms with E-state index >= 15 is 0 Å². The number of hydrogen-bond donors (Lipinski definition) is 1. The summed E-state index contributed by atoms with van der Waals surface area (Å²) in [5.41, 5.74) is 6.02. The third-order valence-electron chi connectivity index (χ3n) is 2.33. The number of methoxy groups -OCH3 is 1. The van der Waals surface area contributed by atoms with E-state index in [1.807, 2.05) is 0 Å². The Kier molecular flexibility index (Phi) is 3.66. The van der Waals surface area contributed by atoms with Gasteiger partial charge in [0.15, 0.2) is 23.3 Å². The molecule has 0 unspecified atom stereocenters. The first kappa shape index (κ1) is 13.3. The smallest absolute Gasteiger partial charge is 0.194 e. The van der Waals surface area contributed by atoms with E-state index in [9.17, 15) is 13.2 Å². The van der Waals surface area contributed by atoms with Crippen LogP contribution in [0.2, 0.25) is 0 Å². The highest BCUT2D eigenvalue weighted by Crippen LogP contribution is 2.22. The van der Waals surface area contributed by atoms with Crippen LogP contribution in [0, 0.1) is 17.5 Å². The van der Waals surface area contributed by atoms with Crippen molar-refractivity contribution in [2.24, 2.45) is 0 Å². The second-order valence-electron chi connectivity index (χ2n) is 3.79. The number of benzene rings is 1. The minimum atomic E-state index is -1.54. The Morgan fingerprint density at radius 3 is 2.32 bits per heavy atom. The molecule has 0 atom stereocenters. The summed E-state index contributed by atoms with van der Waals surface area (Å²) in [6.07, 6.45) is 0. The monoisotopic (exact) mass is 269 g/mol. The Morgan fingerprint density at radius 2 is 1.74 bits per heavy atom. The summed E-state index contributed by atoms with van der Waals surface area (Å²) in [4.78, 5) is 7.89. The predicted octanol–water partition coefficient (Wildman–Crippen LogP) is 2.29. The summed E-state index contributed by atoms with van der Waals surface area (Å²) in [6, 6.07) is 3.09. The number of halogens is 3. The number of aromatic nitrogens is 2. The molecule has 4 nitrogen and oxygen atoms in total. The molecule has 100 valence electrons. The lowest BCUT2D eigenvalue weighted by Crippen LogP contribution is -2.02. The predicted molar refractivity (Wildman–Crippen MR) is 62.5 cm³/mol. The van der Waals surface area contributed by atoms with Crippen molar-refractivity contribution in [2.75, 3.05) is 12.8 Å². The van der Waals surface area contributed by atoms with Crippen LogP contribution in [-0.4, -0.2) is 17.1 Å². The van der Waals surface area contributed by atoms with Crippen LogP contribution in [0.25, 0.3) is 11.4 Å². The van der Waals surface area contributed by atoms with Gasteiger partial charge in [-0.1, -0.05) is 0 Å². The fraction of sp³-hybridized carbons (Fsp3) is 0.167. The molecule has 19 heavy (non-hydrogen) atoms. The van der Waals surface area contributed by atoms with Gasteiger partial charge in [-0.15, -0.1) is 0 Å². The standard InChI is InChI=1S/C12H10F3N3O/c1-19-5-7-4-10(16)18-12(17-7)6-2-8(13)11(15)9(14)3-6/h2-4H,5H2,1H3,(H2,16,17,18). The number of rotatable bonds is 3. The van der Waals surface area contributed by atoms with Gasteiger partial charge in [0.05, 0.1) is 12.3 Å². The molecule has 2 aromatic rings. The van der Waals surface area contributed by atoms with E-state index in [1.54, 1.807) is 0 Å². The quantitative estimate of drug-likeness (QED) is 0.868. The van der Waals surface area contributed by atoms with E-state index in [-0.39, 0.29) is 23.8 Å². The van der Waals surface area contributed by atoms with Crippen molar-refractivity contribution in [3.63, 3.8) is 0 Å². The Labute approximate surface area is 107 Å². The first-order chi connectivity index (χ1) is 9.01. The molecule has 1 aromatic heterocycles. The molecule has 0 aliphatic heterocycles. The van der Waals surface area contributed by atoms with Crippen LogP contribution in [0.3, 0.4) is 0 Å². The molecule has 1 heterocycles. The molecule has 0 bridgehead atoms. The summed E-state index contributed by atoms with van der Waals surface area (Å²) in [7, 11) is 1.47. The number of nitrogens with zero attached hydrogens (tertiary/aromatic N) is 2. The van der Waals surface area contributed by atoms with E-state index in [0.717, 1.165) is 12.1 Å². The van der Waals surface area contributed by atoms with E-state index in [2.05, 4.69) is 9.97 Å². The SMILES string of the molecule is COCc1cc(N)nc(-c2cc(F)c(F)c(F)c2)n1. The van der Waals surface area contributed by atoms with Gasteiger partial charge in [-0.05, 0) is 12.1 Å². The highest BCUT2D eigenvalue weighted by Gasteiger charge is 2.14. The van der Waals surface area contributed by atoms with Crippen LogP contribution < -0.4 is 5.73 Å². The summed E-state index contributed by atoms with van der Waals surface area (Å²) >= 11 is 0. The third kappa shape index (κ3) is 2.82.